The molecule has 2 aromatic rings. The molecule has 1 atom stereocenters. The number of hydrogen-bond acceptors (Lipinski definition) is 6. The first-order chi connectivity index (χ1) is 13.5. The van der Waals surface area contributed by atoms with E-state index in [1.54, 1.807) is 50.6 Å². The van der Waals surface area contributed by atoms with Gasteiger partial charge in [-0.25, -0.2) is 4.39 Å². The minimum atomic E-state index is -0.639. The van der Waals surface area contributed by atoms with Crippen molar-refractivity contribution in [3.63, 3.8) is 0 Å². The van der Waals surface area contributed by atoms with Crippen LogP contribution in [-0.2, 0) is 4.74 Å². The van der Waals surface area contributed by atoms with Gasteiger partial charge in [-0.1, -0.05) is 12.1 Å². The number of nitrogens with two attached hydrogens (primary N) is 2. The highest BCUT2D eigenvalue weighted by atomic mass is 19.1. The number of nitriles is 1. The zero-order valence-corrected chi connectivity index (χ0v) is 15.4. The predicted octanol–water partition coefficient (Wildman–Crippen LogP) is 3.04. The number of aliphatic imine (C=N–C) groups is 1. The molecule has 0 saturated heterocycles. The molecule has 0 aromatic heterocycles. The first kappa shape index (κ1) is 19.0. The Morgan fingerprint density at radius 3 is 2.36 bits per heavy atom. The van der Waals surface area contributed by atoms with E-state index in [1.807, 2.05) is 0 Å². The van der Waals surface area contributed by atoms with E-state index in [1.165, 1.54) is 12.1 Å². The van der Waals surface area contributed by atoms with Gasteiger partial charge in [-0.15, -0.1) is 0 Å². The quantitative estimate of drug-likeness (QED) is 0.854. The summed E-state index contributed by atoms with van der Waals surface area (Å²) in [5, 5.41) is 9.68. The third-order valence-corrected chi connectivity index (χ3v) is 4.50. The summed E-state index contributed by atoms with van der Waals surface area (Å²) < 4.78 is 24.2. The van der Waals surface area contributed by atoms with Gasteiger partial charge in [0.1, 0.15) is 23.2 Å². The average Bonchev–Trinajstić information content (AvgIpc) is 2.73. The molecule has 0 spiro atoms. The van der Waals surface area contributed by atoms with Gasteiger partial charge < -0.3 is 20.9 Å². The Morgan fingerprint density at radius 2 is 1.82 bits per heavy atom. The van der Waals surface area contributed by atoms with Crippen LogP contribution < -0.4 is 16.2 Å². The summed E-state index contributed by atoms with van der Waals surface area (Å²) in [4.78, 5) is 4.16. The highest BCUT2D eigenvalue weighted by molar-refractivity contribution is 6.04. The minimum absolute atomic E-state index is 0.0521. The molecule has 4 N–H and O–H groups in total. The van der Waals surface area contributed by atoms with Crippen molar-refractivity contribution >= 4 is 11.6 Å². The predicted molar refractivity (Wildman–Crippen MR) is 105 cm³/mol. The summed E-state index contributed by atoms with van der Waals surface area (Å²) in [6.45, 7) is 0. The van der Waals surface area contributed by atoms with E-state index in [2.05, 4.69) is 11.1 Å². The molecule has 1 aliphatic heterocycles. The van der Waals surface area contributed by atoms with Crippen LogP contribution in [0.2, 0.25) is 0 Å². The second-order valence-corrected chi connectivity index (χ2v) is 6.06. The van der Waals surface area contributed by atoms with Crippen LogP contribution in [0.1, 0.15) is 17.0 Å². The van der Waals surface area contributed by atoms with Gasteiger partial charge in [0.05, 0.1) is 18.6 Å². The van der Waals surface area contributed by atoms with Gasteiger partial charge in [-0.3, -0.25) is 4.99 Å². The fourth-order valence-corrected chi connectivity index (χ4v) is 3.10. The normalized spacial score (nSPS) is 19.8. The molecule has 1 unspecified atom stereocenters. The summed E-state index contributed by atoms with van der Waals surface area (Å²) in [5.74, 6) is -0.185. The zero-order chi connectivity index (χ0) is 20.3. The second kappa shape index (κ2) is 7.84. The maximum absolute atomic E-state index is 13.4. The standard InChI is InChI=1S/C21H19FN4O2/c1-26-21-18(19(24)13-5-9-15(27-2)10-6-13)17(16(11-23)20(25)28-21)12-3-7-14(22)8-4-12/h3-10,17H,24-25H2,1-2H3/b19-18-,26-21?. The van der Waals surface area contributed by atoms with Gasteiger partial charge in [0, 0.05) is 12.7 Å². The Bertz CT molecular complexity index is 1020. The van der Waals surface area contributed by atoms with Crippen molar-refractivity contribution in [2.75, 3.05) is 14.2 Å². The summed E-state index contributed by atoms with van der Waals surface area (Å²) in [7, 11) is 3.12. The SMILES string of the molecule is CN=C1OC(N)=C(C#N)C(c2ccc(F)cc2)/C1=C(/N)c1ccc(OC)cc1. The molecule has 1 heterocycles. The van der Waals surface area contributed by atoms with Crippen LogP contribution in [-0.4, -0.2) is 20.1 Å². The van der Waals surface area contributed by atoms with Crippen molar-refractivity contribution < 1.29 is 13.9 Å². The van der Waals surface area contributed by atoms with Gasteiger partial charge >= 0.3 is 0 Å². The zero-order valence-electron chi connectivity index (χ0n) is 15.4. The first-order valence-corrected chi connectivity index (χ1v) is 8.44. The fraction of sp³-hybridized carbons (Fsp3) is 0.143. The van der Waals surface area contributed by atoms with Gasteiger partial charge in [-0.2, -0.15) is 5.26 Å². The number of hydrogen-bond donors (Lipinski definition) is 2. The second-order valence-electron chi connectivity index (χ2n) is 6.06. The molecular weight excluding hydrogens is 359 g/mol. The lowest BCUT2D eigenvalue weighted by molar-refractivity contribution is 0.387. The Hall–Kier alpha value is -3.79. The Balaban J connectivity index is 2.26. The maximum atomic E-state index is 13.4. The monoisotopic (exact) mass is 378 g/mol. The van der Waals surface area contributed by atoms with Gasteiger partial charge in [-0.05, 0) is 47.5 Å². The molecule has 0 saturated carbocycles. The number of rotatable bonds is 3. The molecule has 0 fully saturated rings. The van der Waals surface area contributed by atoms with Crippen molar-refractivity contribution in [3.8, 4) is 11.8 Å². The topological polar surface area (TPSA) is 107 Å². The van der Waals surface area contributed by atoms with Crippen LogP contribution in [0, 0.1) is 17.1 Å². The number of ether oxygens (including phenoxy) is 2. The molecule has 0 radical (unpaired) electrons. The van der Waals surface area contributed by atoms with Crippen molar-refractivity contribution in [1.29, 1.82) is 5.26 Å². The molecule has 3 rings (SSSR count). The number of allylic oxidation sites excluding steroid dienone is 1. The lowest BCUT2D eigenvalue weighted by atomic mass is 9.81. The molecule has 1 aliphatic rings. The minimum Gasteiger partial charge on any atom is -0.497 e. The molecule has 2 aromatic carbocycles. The largest absolute Gasteiger partial charge is 0.497 e. The van der Waals surface area contributed by atoms with Crippen LogP contribution >= 0.6 is 0 Å². The van der Waals surface area contributed by atoms with E-state index in [4.69, 9.17) is 20.9 Å². The lowest BCUT2D eigenvalue weighted by Crippen LogP contribution is -2.29. The van der Waals surface area contributed by atoms with E-state index in [0.717, 1.165) is 0 Å². The maximum Gasteiger partial charge on any atom is 0.222 e. The first-order valence-electron chi connectivity index (χ1n) is 8.44. The van der Waals surface area contributed by atoms with Crippen LogP contribution in [0.15, 0.2) is 70.6 Å². The molecule has 142 valence electrons. The van der Waals surface area contributed by atoms with E-state index >= 15 is 0 Å². The number of nitrogens with zero attached hydrogens (tertiary/aromatic N) is 2. The van der Waals surface area contributed by atoms with Crippen LogP contribution in [0.4, 0.5) is 4.39 Å². The van der Waals surface area contributed by atoms with Crippen molar-refractivity contribution in [2.24, 2.45) is 16.5 Å². The molecule has 0 bridgehead atoms. The Kier molecular flexibility index (Phi) is 5.32. The lowest BCUT2D eigenvalue weighted by Gasteiger charge is -2.29. The number of methoxy groups -OCH3 is 1. The molecular formula is C21H19FN4O2. The summed E-state index contributed by atoms with van der Waals surface area (Å²) in [5.41, 5.74) is 14.8. The number of benzene rings is 2. The molecule has 0 amide bonds. The highest BCUT2D eigenvalue weighted by Gasteiger charge is 2.36. The molecule has 6 nitrogen and oxygen atoms in total. The highest BCUT2D eigenvalue weighted by Crippen LogP contribution is 2.40. The molecule has 7 heteroatoms. The van der Waals surface area contributed by atoms with Gasteiger partial charge in [0.25, 0.3) is 0 Å². The molecule has 28 heavy (non-hydrogen) atoms. The van der Waals surface area contributed by atoms with Crippen LogP contribution in [0.25, 0.3) is 5.70 Å². The van der Waals surface area contributed by atoms with E-state index in [0.29, 0.717) is 28.1 Å². The molecule has 0 aliphatic carbocycles. The number of halogens is 1. The third-order valence-electron chi connectivity index (χ3n) is 4.50. The van der Waals surface area contributed by atoms with Crippen LogP contribution in [0.5, 0.6) is 5.75 Å². The van der Waals surface area contributed by atoms with Gasteiger partial charge in [0.2, 0.25) is 11.8 Å². The Morgan fingerprint density at radius 1 is 1.18 bits per heavy atom. The van der Waals surface area contributed by atoms with Crippen molar-refractivity contribution in [1.82, 2.24) is 0 Å². The van der Waals surface area contributed by atoms with E-state index in [9.17, 15) is 9.65 Å². The summed E-state index contributed by atoms with van der Waals surface area (Å²) >= 11 is 0. The third kappa shape index (κ3) is 3.40. The van der Waals surface area contributed by atoms with Crippen LogP contribution in [0.3, 0.4) is 0 Å². The Labute approximate surface area is 162 Å². The van der Waals surface area contributed by atoms with Crippen molar-refractivity contribution in [3.05, 3.63) is 82.5 Å². The van der Waals surface area contributed by atoms with Crippen molar-refractivity contribution in [2.45, 2.75) is 5.92 Å². The smallest absolute Gasteiger partial charge is 0.222 e. The summed E-state index contributed by atoms with van der Waals surface area (Å²) in [6, 6.07) is 15.0. The van der Waals surface area contributed by atoms with E-state index in [-0.39, 0.29) is 23.2 Å². The summed E-state index contributed by atoms with van der Waals surface area (Å²) in [6.07, 6.45) is 0. The fourth-order valence-electron chi connectivity index (χ4n) is 3.10. The van der Waals surface area contributed by atoms with E-state index < -0.39 is 5.92 Å². The average molecular weight is 378 g/mol. The van der Waals surface area contributed by atoms with Gasteiger partial charge in [0.15, 0.2) is 0 Å².